The SMILES string of the molecule is NCCC1CCN(Cc2ccc(O)c(Cl)c2)CC1. The van der Waals surface area contributed by atoms with Gasteiger partial charge < -0.3 is 10.8 Å². The van der Waals surface area contributed by atoms with E-state index in [1.54, 1.807) is 6.07 Å². The minimum atomic E-state index is 0.155. The highest BCUT2D eigenvalue weighted by Gasteiger charge is 2.18. The average Bonchev–Trinajstić information content (AvgIpc) is 2.37. The van der Waals surface area contributed by atoms with Crippen molar-refractivity contribution >= 4 is 11.6 Å². The third-order valence-corrected chi connectivity index (χ3v) is 4.00. The van der Waals surface area contributed by atoms with Crippen LogP contribution in [0.25, 0.3) is 0 Å². The summed E-state index contributed by atoms with van der Waals surface area (Å²) in [6, 6.07) is 5.45. The third kappa shape index (κ3) is 3.61. The summed E-state index contributed by atoms with van der Waals surface area (Å²) in [5, 5.41) is 9.82. The number of hydrogen-bond acceptors (Lipinski definition) is 3. The maximum Gasteiger partial charge on any atom is 0.134 e. The fraction of sp³-hybridized carbons (Fsp3) is 0.571. The van der Waals surface area contributed by atoms with Crippen molar-refractivity contribution in [3.63, 3.8) is 0 Å². The Hall–Kier alpha value is -0.770. The second-order valence-corrected chi connectivity index (χ2v) is 5.49. The van der Waals surface area contributed by atoms with Crippen molar-refractivity contribution in [1.29, 1.82) is 0 Å². The highest BCUT2D eigenvalue weighted by molar-refractivity contribution is 6.32. The van der Waals surface area contributed by atoms with Crippen LogP contribution in [0.3, 0.4) is 0 Å². The Bertz CT molecular complexity index is 389. The summed E-state index contributed by atoms with van der Waals surface area (Å²) in [5.41, 5.74) is 6.76. The van der Waals surface area contributed by atoms with E-state index in [0.717, 1.165) is 44.1 Å². The van der Waals surface area contributed by atoms with E-state index in [4.69, 9.17) is 17.3 Å². The molecule has 0 saturated carbocycles. The lowest BCUT2D eigenvalue weighted by atomic mass is 9.93. The Kier molecular flexibility index (Phi) is 4.87. The lowest BCUT2D eigenvalue weighted by Gasteiger charge is -2.31. The van der Waals surface area contributed by atoms with Gasteiger partial charge in [-0.05, 0) is 62.5 Å². The minimum Gasteiger partial charge on any atom is -0.506 e. The van der Waals surface area contributed by atoms with E-state index >= 15 is 0 Å². The zero-order valence-corrected chi connectivity index (χ0v) is 11.4. The summed E-state index contributed by atoms with van der Waals surface area (Å²) in [4.78, 5) is 2.44. The van der Waals surface area contributed by atoms with Crippen molar-refractivity contribution in [2.45, 2.75) is 25.8 Å². The Morgan fingerprint density at radius 2 is 2.06 bits per heavy atom. The minimum absolute atomic E-state index is 0.155. The molecule has 0 radical (unpaired) electrons. The van der Waals surface area contributed by atoms with E-state index in [0.29, 0.717) is 5.02 Å². The smallest absolute Gasteiger partial charge is 0.134 e. The predicted molar refractivity (Wildman–Crippen MR) is 74.8 cm³/mol. The molecule has 0 spiro atoms. The highest BCUT2D eigenvalue weighted by Crippen LogP contribution is 2.26. The fourth-order valence-corrected chi connectivity index (χ4v) is 2.78. The van der Waals surface area contributed by atoms with Crippen molar-refractivity contribution < 1.29 is 5.11 Å². The number of hydrogen-bond donors (Lipinski definition) is 2. The molecular weight excluding hydrogens is 248 g/mol. The third-order valence-electron chi connectivity index (χ3n) is 3.70. The molecule has 1 aromatic rings. The lowest BCUT2D eigenvalue weighted by Crippen LogP contribution is -2.33. The van der Waals surface area contributed by atoms with Crippen molar-refractivity contribution in [3.8, 4) is 5.75 Å². The number of phenols is 1. The van der Waals surface area contributed by atoms with E-state index in [-0.39, 0.29) is 5.75 Å². The summed E-state index contributed by atoms with van der Waals surface area (Å²) >= 11 is 5.91. The quantitative estimate of drug-likeness (QED) is 0.883. The average molecular weight is 269 g/mol. The number of piperidine rings is 1. The van der Waals surface area contributed by atoms with Gasteiger partial charge in [0.05, 0.1) is 5.02 Å². The zero-order valence-electron chi connectivity index (χ0n) is 10.6. The molecule has 18 heavy (non-hydrogen) atoms. The molecule has 1 aliphatic rings. The highest BCUT2D eigenvalue weighted by atomic mass is 35.5. The maximum absolute atomic E-state index is 9.39. The maximum atomic E-state index is 9.39. The van der Waals surface area contributed by atoms with Crippen LogP contribution in [0.4, 0.5) is 0 Å². The molecule has 0 atom stereocenters. The van der Waals surface area contributed by atoms with Gasteiger partial charge in [0.15, 0.2) is 0 Å². The second-order valence-electron chi connectivity index (χ2n) is 5.08. The number of halogens is 1. The van der Waals surface area contributed by atoms with Crippen LogP contribution in [0.1, 0.15) is 24.8 Å². The molecule has 1 aromatic carbocycles. The van der Waals surface area contributed by atoms with Crippen LogP contribution in [0.2, 0.25) is 5.02 Å². The predicted octanol–water partition coefficient (Wildman–Crippen LogP) is 2.61. The van der Waals surface area contributed by atoms with Crippen LogP contribution in [-0.2, 0) is 6.54 Å². The van der Waals surface area contributed by atoms with E-state index in [1.165, 1.54) is 12.8 Å². The van der Waals surface area contributed by atoms with Gasteiger partial charge in [0.1, 0.15) is 5.75 Å². The van der Waals surface area contributed by atoms with Crippen molar-refractivity contribution in [1.82, 2.24) is 4.90 Å². The summed E-state index contributed by atoms with van der Waals surface area (Å²) < 4.78 is 0. The van der Waals surface area contributed by atoms with Gasteiger partial charge in [-0.2, -0.15) is 0 Å². The summed E-state index contributed by atoms with van der Waals surface area (Å²) in [5.74, 6) is 0.955. The molecule has 0 aliphatic carbocycles. The first kappa shape index (κ1) is 13.7. The Labute approximate surface area is 114 Å². The largest absolute Gasteiger partial charge is 0.506 e. The van der Waals surface area contributed by atoms with Gasteiger partial charge in [-0.25, -0.2) is 0 Å². The Morgan fingerprint density at radius 1 is 1.33 bits per heavy atom. The molecule has 0 aromatic heterocycles. The van der Waals surface area contributed by atoms with Gasteiger partial charge >= 0.3 is 0 Å². The number of phenolic OH excluding ortho intramolecular Hbond substituents is 1. The molecule has 1 fully saturated rings. The molecule has 1 heterocycles. The molecular formula is C14H21ClN2O. The summed E-state index contributed by atoms with van der Waals surface area (Å²) in [6.07, 6.45) is 3.63. The first-order valence-corrected chi connectivity index (χ1v) is 6.96. The van der Waals surface area contributed by atoms with Gasteiger partial charge in [0, 0.05) is 6.54 Å². The molecule has 3 nitrogen and oxygen atoms in total. The van der Waals surface area contributed by atoms with E-state index < -0.39 is 0 Å². The molecule has 3 N–H and O–H groups in total. The summed E-state index contributed by atoms with van der Waals surface area (Å²) in [7, 11) is 0. The zero-order chi connectivity index (χ0) is 13.0. The molecule has 0 bridgehead atoms. The molecule has 1 aliphatic heterocycles. The molecule has 2 rings (SSSR count). The van der Waals surface area contributed by atoms with E-state index in [2.05, 4.69) is 4.90 Å². The number of nitrogens with zero attached hydrogens (tertiary/aromatic N) is 1. The fourth-order valence-electron chi connectivity index (χ4n) is 2.58. The standard InChI is InChI=1S/C14H21ClN2O/c15-13-9-12(1-2-14(13)18)10-17-7-4-11(3-6-16)5-8-17/h1-2,9,11,18H,3-8,10,16H2. The number of rotatable bonds is 4. The molecule has 1 saturated heterocycles. The number of aromatic hydroxyl groups is 1. The second kappa shape index (κ2) is 6.41. The van der Waals surface area contributed by atoms with Crippen molar-refractivity contribution in [3.05, 3.63) is 28.8 Å². The van der Waals surface area contributed by atoms with Gasteiger partial charge in [0.25, 0.3) is 0 Å². The van der Waals surface area contributed by atoms with Crippen LogP contribution >= 0.6 is 11.6 Å². The van der Waals surface area contributed by atoms with Crippen molar-refractivity contribution in [2.75, 3.05) is 19.6 Å². The van der Waals surface area contributed by atoms with Crippen LogP contribution in [0.5, 0.6) is 5.75 Å². The number of nitrogens with two attached hydrogens (primary N) is 1. The van der Waals surface area contributed by atoms with Crippen LogP contribution in [0.15, 0.2) is 18.2 Å². The lowest BCUT2D eigenvalue weighted by molar-refractivity contribution is 0.173. The summed E-state index contributed by atoms with van der Waals surface area (Å²) in [6.45, 7) is 3.97. The Morgan fingerprint density at radius 3 is 2.67 bits per heavy atom. The normalized spacial score (nSPS) is 18.1. The molecule has 0 unspecified atom stereocenters. The van der Waals surface area contributed by atoms with Crippen LogP contribution in [-0.4, -0.2) is 29.6 Å². The first-order chi connectivity index (χ1) is 8.69. The molecule has 100 valence electrons. The van der Waals surface area contributed by atoms with Crippen LogP contribution < -0.4 is 5.73 Å². The number of benzene rings is 1. The topological polar surface area (TPSA) is 49.5 Å². The van der Waals surface area contributed by atoms with Gasteiger partial charge in [0.2, 0.25) is 0 Å². The monoisotopic (exact) mass is 268 g/mol. The molecule has 4 heteroatoms. The van der Waals surface area contributed by atoms with E-state index in [9.17, 15) is 5.11 Å². The number of likely N-dealkylation sites (tertiary alicyclic amines) is 1. The first-order valence-electron chi connectivity index (χ1n) is 6.59. The Balaban J connectivity index is 1.85. The van der Waals surface area contributed by atoms with E-state index in [1.807, 2.05) is 12.1 Å². The molecule has 0 amide bonds. The van der Waals surface area contributed by atoms with Crippen molar-refractivity contribution in [2.24, 2.45) is 11.7 Å². The van der Waals surface area contributed by atoms with Gasteiger partial charge in [-0.1, -0.05) is 17.7 Å². The van der Waals surface area contributed by atoms with Gasteiger partial charge in [-0.15, -0.1) is 0 Å². The van der Waals surface area contributed by atoms with Gasteiger partial charge in [-0.3, -0.25) is 4.90 Å². The van der Waals surface area contributed by atoms with Crippen LogP contribution in [0, 0.1) is 5.92 Å².